The Hall–Kier alpha value is -2.50. The van der Waals surface area contributed by atoms with Crippen LogP contribution in [0.1, 0.15) is 42.5 Å². The Morgan fingerprint density at radius 2 is 2.09 bits per heavy atom. The highest BCUT2D eigenvalue weighted by atomic mass is 16.5. The molecule has 0 saturated heterocycles. The lowest BCUT2D eigenvalue weighted by atomic mass is 10.1. The molecule has 23 heavy (non-hydrogen) atoms. The second-order valence-corrected chi connectivity index (χ2v) is 5.47. The van der Waals surface area contributed by atoms with Crippen molar-refractivity contribution in [3.63, 3.8) is 0 Å². The fourth-order valence-corrected chi connectivity index (χ4v) is 2.53. The zero-order valence-corrected chi connectivity index (χ0v) is 14.2. The lowest BCUT2D eigenvalue weighted by Gasteiger charge is -2.15. The molecule has 0 aliphatic carbocycles. The van der Waals surface area contributed by atoms with Crippen LogP contribution in [0.3, 0.4) is 0 Å². The van der Waals surface area contributed by atoms with Gasteiger partial charge in [0.2, 0.25) is 0 Å². The number of amides is 2. The molecule has 6 nitrogen and oxygen atoms in total. The fourth-order valence-electron chi connectivity index (χ4n) is 2.53. The van der Waals surface area contributed by atoms with Crippen LogP contribution in [0.5, 0.6) is 5.75 Å². The summed E-state index contributed by atoms with van der Waals surface area (Å²) >= 11 is 0. The van der Waals surface area contributed by atoms with E-state index in [1.54, 1.807) is 0 Å². The summed E-state index contributed by atoms with van der Waals surface area (Å²) in [6, 6.07) is 5.09. The summed E-state index contributed by atoms with van der Waals surface area (Å²) in [6.07, 6.45) is 0. The maximum absolute atomic E-state index is 12.2. The largest absolute Gasteiger partial charge is 0.494 e. The van der Waals surface area contributed by atoms with Crippen LogP contribution in [0.2, 0.25) is 0 Å². The third-order valence-corrected chi connectivity index (χ3v) is 3.62. The van der Waals surface area contributed by atoms with E-state index in [1.807, 2.05) is 52.8 Å². The zero-order chi connectivity index (χ0) is 17.0. The molecule has 0 aliphatic heterocycles. The van der Waals surface area contributed by atoms with Gasteiger partial charge in [0, 0.05) is 17.3 Å². The lowest BCUT2D eigenvalue weighted by Crippen LogP contribution is -2.31. The van der Waals surface area contributed by atoms with Gasteiger partial charge in [0.15, 0.2) is 0 Å². The van der Waals surface area contributed by atoms with Crippen LogP contribution < -0.4 is 15.4 Å². The monoisotopic (exact) mass is 317 g/mol. The molecule has 1 atom stereocenters. The van der Waals surface area contributed by atoms with Gasteiger partial charge < -0.3 is 19.9 Å². The number of aromatic nitrogens is 1. The molecule has 0 aliphatic rings. The molecule has 2 N–H and O–H groups in total. The Balaban J connectivity index is 2.03. The van der Waals surface area contributed by atoms with Gasteiger partial charge in [-0.15, -0.1) is 0 Å². The Kier molecular flexibility index (Phi) is 5.26. The number of aryl methyl sites for hydroxylation is 3. The number of nitrogens with zero attached hydrogens (tertiary/aromatic N) is 1. The maximum atomic E-state index is 12.2. The molecule has 2 rings (SSSR count). The van der Waals surface area contributed by atoms with Gasteiger partial charge in [-0.25, -0.2) is 4.79 Å². The van der Waals surface area contributed by atoms with Crippen LogP contribution >= 0.6 is 0 Å². The second kappa shape index (κ2) is 7.17. The summed E-state index contributed by atoms with van der Waals surface area (Å²) in [5.41, 5.74) is 3.40. The summed E-state index contributed by atoms with van der Waals surface area (Å²) in [6.45, 7) is 10.1. The first kappa shape index (κ1) is 16.9. The molecule has 0 radical (unpaired) electrons. The Morgan fingerprint density at radius 1 is 1.35 bits per heavy atom. The van der Waals surface area contributed by atoms with Crippen molar-refractivity contribution < 1.29 is 14.1 Å². The third kappa shape index (κ3) is 4.03. The topological polar surface area (TPSA) is 76.4 Å². The summed E-state index contributed by atoms with van der Waals surface area (Å²) in [5, 5.41) is 9.61. The van der Waals surface area contributed by atoms with E-state index < -0.39 is 0 Å². The Labute approximate surface area is 136 Å². The van der Waals surface area contributed by atoms with E-state index in [9.17, 15) is 4.79 Å². The molecule has 2 amide bonds. The van der Waals surface area contributed by atoms with Gasteiger partial charge in [-0.05, 0) is 46.2 Å². The fraction of sp³-hybridized carbons (Fsp3) is 0.412. The van der Waals surface area contributed by atoms with Gasteiger partial charge in [-0.1, -0.05) is 11.2 Å². The quantitative estimate of drug-likeness (QED) is 0.877. The minimum absolute atomic E-state index is 0.196. The molecular weight excluding hydrogens is 294 g/mol. The average molecular weight is 317 g/mol. The number of benzene rings is 1. The molecular formula is C17H23N3O3. The Morgan fingerprint density at radius 3 is 2.70 bits per heavy atom. The van der Waals surface area contributed by atoms with E-state index >= 15 is 0 Å². The normalized spacial score (nSPS) is 11.9. The molecule has 6 heteroatoms. The number of urea groups is 1. The number of hydrogen-bond donors (Lipinski definition) is 2. The van der Waals surface area contributed by atoms with E-state index in [0.717, 1.165) is 22.6 Å². The minimum Gasteiger partial charge on any atom is -0.494 e. The van der Waals surface area contributed by atoms with Gasteiger partial charge in [0.05, 0.1) is 18.3 Å². The van der Waals surface area contributed by atoms with Crippen LogP contribution in [0.4, 0.5) is 10.5 Å². The summed E-state index contributed by atoms with van der Waals surface area (Å²) in [4.78, 5) is 12.2. The number of nitrogens with one attached hydrogen (secondary N) is 2. The maximum Gasteiger partial charge on any atom is 0.319 e. The smallest absolute Gasteiger partial charge is 0.319 e. The molecule has 0 bridgehead atoms. The van der Waals surface area contributed by atoms with Gasteiger partial charge in [0.25, 0.3) is 0 Å². The van der Waals surface area contributed by atoms with Crippen LogP contribution in [0.15, 0.2) is 22.7 Å². The first-order valence-corrected chi connectivity index (χ1v) is 7.66. The van der Waals surface area contributed by atoms with E-state index in [1.165, 1.54) is 0 Å². The average Bonchev–Trinajstić information content (AvgIpc) is 2.82. The van der Waals surface area contributed by atoms with E-state index in [2.05, 4.69) is 15.8 Å². The Bertz CT molecular complexity index is 675. The first-order valence-electron chi connectivity index (χ1n) is 7.66. The minimum atomic E-state index is -0.288. The molecule has 2 aromatic rings. The van der Waals surface area contributed by atoms with E-state index in [0.29, 0.717) is 18.1 Å². The van der Waals surface area contributed by atoms with E-state index in [-0.39, 0.29) is 12.1 Å². The van der Waals surface area contributed by atoms with Crippen molar-refractivity contribution in [1.82, 2.24) is 10.5 Å². The summed E-state index contributed by atoms with van der Waals surface area (Å²) in [5.74, 6) is 1.48. The van der Waals surface area contributed by atoms with Crippen molar-refractivity contribution in [2.45, 2.75) is 40.7 Å². The number of rotatable bonds is 5. The number of carbonyl (C=O) groups excluding carboxylic acids is 1. The molecule has 1 aromatic heterocycles. The predicted molar refractivity (Wildman–Crippen MR) is 88.9 cm³/mol. The van der Waals surface area contributed by atoms with Crippen LogP contribution in [0.25, 0.3) is 0 Å². The SMILES string of the molecule is CCOc1cc(NC(=O)N[C@@H](C)c2c(C)noc2C)ccc1C. The predicted octanol–water partition coefficient (Wildman–Crippen LogP) is 3.88. The highest BCUT2D eigenvalue weighted by Crippen LogP contribution is 2.23. The van der Waals surface area contributed by atoms with Crippen molar-refractivity contribution in [2.75, 3.05) is 11.9 Å². The van der Waals surface area contributed by atoms with E-state index in [4.69, 9.17) is 9.26 Å². The van der Waals surface area contributed by atoms with Crippen molar-refractivity contribution in [1.29, 1.82) is 0 Å². The van der Waals surface area contributed by atoms with Crippen molar-refractivity contribution in [2.24, 2.45) is 0 Å². The van der Waals surface area contributed by atoms with Gasteiger partial charge in [-0.2, -0.15) is 0 Å². The third-order valence-electron chi connectivity index (χ3n) is 3.62. The molecule has 0 unspecified atom stereocenters. The number of ether oxygens (including phenoxy) is 1. The van der Waals surface area contributed by atoms with Gasteiger partial charge in [0.1, 0.15) is 11.5 Å². The van der Waals surface area contributed by atoms with Gasteiger partial charge in [-0.3, -0.25) is 0 Å². The van der Waals surface area contributed by atoms with Crippen LogP contribution in [-0.2, 0) is 0 Å². The number of anilines is 1. The molecule has 124 valence electrons. The number of carbonyl (C=O) groups is 1. The number of hydrogen-bond acceptors (Lipinski definition) is 4. The molecule has 0 saturated carbocycles. The van der Waals surface area contributed by atoms with Crippen molar-refractivity contribution in [3.8, 4) is 5.75 Å². The van der Waals surface area contributed by atoms with Crippen LogP contribution in [-0.4, -0.2) is 17.8 Å². The lowest BCUT2D eigenvalue weighted by molar-refractivity contribution is 0.249. The highest BCUT2D eigenvalue weighted by Gasteiger charge is 2.18. The van der Waals surface area contributed by atoms with Crippen molar-refractivity contribution in [3.05, 3.63) is 40.8 Å². The molecule has 1 heterocycles. The summed E-state index contributed by atoms with van der Waals surface area (Å²) in [7, 11) is 0. The highest BCUT2D eigenvalue weighted by molar-refractivity contribution is 5.89. The zero-order valence-electron chi connectivity index (χ0n) is 14.2. The summed E-state index contributed by atoms with van der Waals surface area (Å²) < 4.78 is 10.7. The standard InChI is InChI=1S/C17H23N3O3/c1-6-22-15-9-14(8-7-10(15)2)19-17(21)18-11(3)16-12(4)20-23-13(16)5/h7-9,11H,6H2,1-5H3,(H2,18,19,21)/t11-/m0/s1. The van der Waals surface area contributed by atoms with Gasteiger partial charge >= 0.3 is 6.03 Å². The molecule has 1 aromatic carbocycles. The molecule has 0 spiro atoms. The van der Waals surface area contributed by atoms with Crippen molar-refractivity contribution >= 4 is 11.7 Å². The van der Waals surface area contributed by atoms with Crippen LogP contribution in [0, 0.1) is 20.8 Å². The molecule has 0 fully saturated rings. The second-order valence-electron chi connectivity index (χ2n) is 5.47. The first-order chi connectivity index (χ1) is 10.9.